The second kappa shape index (κ2) is 8.81. The lowest BCUT2D eigenvalue weighted by Crippen LogP contribution is -2.38. The first-order valence-electron chi connectivity index (χ1n) is 8.92. The smallest absolute Gasteiger partial charge is 0.258 e. The lowest BCUT2D eigenvalue weighted by atomic mass is 10.1. The number of nitrogens with one attached hydrogen (secondary N) is 1. The van der Waals surface area contributed by atoms with Crippen LogP contribution < -0.4 is 10.2 Å². The monoisotopic (exact) mass is 358 g/mol. The Hall–Kier alpha value is -3.40. The highest BCUT2D eigenvalue weighted by Crippen LogP contribution is 2.17. The summed E-state index contributed by atoms with van der Waals surface area (Å²) >= 11 is 0. The Kier molecular flexibility index (Phi) is 6.00. The van der Waals surface area contributed by atoms with Crippen molar-refractivity contribution in [3.05, 3.63) is 102 Å². The average Bonchev–Trinajstić information content (AvgIpc) is 2.72. The van der Waals surface area contributed by atoms with Gasteiger partial charge in [0, 0.05) is 29.9 Å². The molecule has 0 aliphatic rings. The average molecular weight is 358 g/mol. The summed E-state index contributed by atoms with van der Waals surface area (Å²) < 4.78 is 0. The van der Waals surface area contributed by atoms with Crippen molar-refractivity contribution in [1.82, 2.24) is 5.32 Å². The topological polar surface area (TPSA) is 49.4 Å². The van der Waals surface area contributed by atoms with Crippen LogP contribution in [0, 0.1) is 6.92 Å². The highest BCUT2D eigenvalue weighted by molar-refractivity contribution is 6.06. The number of para-hydroxylation sites is 1. The van der Waals surface area contributed by atoms with E-state index in [4.69, 9.17) is 0 Å². The van der Waals surface area contributed by atoms with Gasteiger partial charge in [-0.2, -0.15) is 0 Å². The molecule has 0 heterocycles. The molecular weight excluding hydrogens is 336 g/mol. The van der Waals surface area contributed by atoms with Crippen LogP contribution in [0.25, 0.3) is 0 Å². The molecule has 0 aliphatic carbocycles. The number of carbonyl (C=O) groups excluding carboxylic acids is 2. The maximum atomic E-state index is 13.0. The van der Waals surface area contributed by atoms with Crippen LogP contribution in [0.1, 0.15) is 26.3 Å². The lowest BCUT2D eigenvalue weighted by Gasteiger charge is -2.23. The molecule has 0 saturated carbocycles. The second-order valence-electron chi connectivity index (χ2n) is 6.28. The quantitative estimate of drug-likeness (QED) is 0.722. The van der Waals surface area contributed by atoms with E-state index < -0.39 is 0 Å². The molecule has 0 bridgehead atoms. The summed E-state index contributed by atoms with van der Waals surface area (Å²) in [7, 11) is 0. The Labute approximate surface area is 159 Å². The fourth-order valence-electron chi connectivity index (χ4n) is 2.78. The number of anilines is 1. The fraction of sp³-hybridized carbons (Fsp3) is 0.130. The molecule has 0 aliphatic heterocycles. The van der Waals surface area contributed by atoms with Gasteiger partial charge in [0.15, 0.2) is 0 Å². The predicted octanol–water partition coefficient (Wildman–Crippen LogP) is 4.07. The summed E-state index contributed by atoms with van der Waals surface area (Å²) in [5.74, 6) is -0.235. The number of rotatable bonds is 6. The van der Waals surface area contributed by atoms with Gasteiger partial charge in [-0.1, -0.05) is 54.1 Å². The highest BCUT2D eigenvalue weighted by atomic mass is 16.2. The summed E-state index contributed by atoms with van der Waals surface area (Å²) in [6.45, 7) is 2.73. The minimum Gasteiger partial charge on any atom is -0.350 e. The molecule has 27 heavy (non-hydrogen) atoms. The predicted molar refractivity (Wildman–Crippen MR) is 108 cm³/mol. The van der Waals surface area contributed by atoms with Crippen molar-refractivity contribution in [2.24, 2.45) is 0 Å². The second-order valence-corrected chi connectivity index (χ2v) is 6.28. The molecule has 4 heteroatoms. The molecule has 0 radical (unpaired) electrons. The van der Waals surface area contributed by atoms with Gasteiger partial charge in [-0.05, 0) is 43.3 Å². The summed E-state index contributed by atoms with van der Waals surface area (Å²) in [6, 6.07) is 26.1. The van der Waals surface area contributed by atoms with Crippen LogP contribution in [0.4, 0.5) is 5.69 Å². The van der Waals surface area contributed by atoms with Gasteiger partial charge in [0.2, 0.25) is 0 Å². The number of amides is 2. The number of hydrogen-bond acceptors (Lipinski definition) is 2. The minimum atomic E-state index is -0.147. The number of aryl methyl sites for hydroxylation is 1. The van der Waals surface area contributed by atoms with Crippen molar-refractivity contribution < 1.29 is 9.59 Å². The van der Waals surface area contributed by atoms with Gasteiger partial charge in [-0.25, -0.2) is 0 Å². The van der Waals surface area contributed by atoms with E-state index in [2.05, 4.69) is 5.32 Å². The van der Waals surface area contributed by atoms with Crippen LogP contribution in [-0.2, 0) is 0 Å². The van der Waals surface area contributed by atoms with Crippen LogP contribution in [0.5, 0.6) is 0 Å². The van der Waals surface area contributed by atoms with Crippen LogP contribution >= 0.6 is 0 Å². The molecule has 4 nitrogen and oxygen atoms in total. The first-order valence-corrected chi connectivity index (χ1v) is 8.92. The molecule has 0 spiro atoms. The van der Waals surface area contributed by atoms with Crippen LogP contribution in [0.3, 0.4) is 0 Å². The molecule has 3 rings (SSSR count). The molecule has 0 saturated heterocycles. The Morgan fingerprint density at radius 1 is 0.778 bits per heavy atom. The van der Waals surface area contributed by atoms with Crippen LogP contribution in [-0.4, -0.2) is 24.9 Å². The van der Waals surface area contributed by atoms with Gasteiger partial charge in [-0.15, -0.1) is 0 Å². The number of benzene rings is 3. The van der Waals surface area contributed by atoms with Gasteiger partial charge in [0.1, 0.15) is 0 Å². The van der Waals surface area contributed by atoms with Crippen LogP contribution in [0.2, 0.25) is 0 Å². The number of carbonyl (C=O) groups is 2. The molecule has 0 fully saturated rings. The molecule has 3 aromatic carbocycles. The molecule has 0 unspecified atom stereocenters. The van der Waals surface area contributed by atoms with Crippen molar-refractivity contribution >= 4 is 17.5 Å². The van der Waals surface area contributed by atoms with Gasteiger partial charge in [0.25, 0.3) is 11.8 Å². The summed E-state index contributed by atoms with van der Waals surface area (Å²) in [5.41, 5.74) is 3.14. The minimum absolute atomic E-state index is 0.0878. The molecule has 0 aromatic heterocycles. The lowest BCUT2D eigenvalue weighted by molar-refractivity contribution is 0.0943. The molecule has 136 valence electrons. The van der Waals surface area contributed by atoms with Crippen molar-refractivity contribution in [3.8, 4) is 0 Å². The SMILES string of the molecule is Cc1ccc(C(=O)N(CCNC(=O)c2ccccc2)c2ccccc2)cc1. The third-order valence-electron chi connectivity index (χ3n) is 4.27. The first-order chi connectivity index (χ1) is 13.1. The Morgan fingerprint density at radius 3 is 2.00 bits per heavy atom. The van der Waals surface area contributed by atoms with E-state index in [1.807, 2.05) is 79.7 Å². The zero-order chi connectivity index (χ0) is 19.1. The molecule has 1 N–H and O–H groups in total. The van der Waals surface area contributed by atoms with E-state index in [-0.39, 0.29) is 11.8 Å². The van der Waals surface area contributed by atoms with Crippen molar-refractivity contribution in [2.45, 2.75) is 6.92 Å². The van der Waals surface area contributed by atoms with Gasteiger partial charge < -0.3 is 10.2 Å². The van der Waals surface area contributed by atoms with Gasteiger partial charge in [-0.3, -0.25) is 9.59 Å². The highest BCUT2D eigenvalue weighted by Gasteiger charge is 2.17. The van der Waals surface area contributed by atoms with Gasteiger partial charge >= 0.3 is 0 Å². The third kappa shape index (κ3) is 4.82. The Bertz CT molecular complexity index is 891. The normalized spacial score (nSPS) is 10.3. The standard InChI is InChI=1S/C23H22N2O2/c1-18-12-14-20(15-13-18)23(27)25(21-10-6-3-7-11-21)17-16-24-22(26)19-8-4-2-5-9-19/h2-15H,16-17H2,1H3,(H,24,26). The summed E-state index contributed by atoms with van der Waals surface area (Å²) in [6.07, 6.45) is 0. The van der Waals surface area contributed by atoms with E-state index in [0.29, 0.717) is 24.2 Å². The molecular formula is C23H22N2O2. The molecule has 3 aromatic rings. The third-order valence-corrected chi connectivity index (χ3v) is 4.27. The maximum Gasteiger partial charge on any atom is 0.258 e. The van der Waals surface area contributed by atoms with Crippen molar-refractivity contribution in [1.29, 1.82) is 0 Å². The van der Waals surface area contributed by atoms with E-state index in [9.17, 15) is 9.59 Å². The summed E-state index contributed by atoms with van der Waals surface area (Å²) in [5, 5.41) is 2.88. The molecule has 0 atom stereocenters. The van der Waals surface area contributed by atoms with Crippen molar-refractivity contribution in [3.63, 3.8) is 0 Å². The zero-order valence-electron chi connectivity index (χ0n) is 15.3. The van der Waals surface area contributed by atoms with Crippen molar-refractivity contribution in [2.75, 3.05) is 18.0 Å². The fourth-order valence-corrected chi connectivity index (χ4v) is 2.78. The van der Waals surface area contributed by atoms with E-state index in [0.717, 1.165) is 11.3 Å². The van der Waals surface area contributed by atoms with Crippen LogP contribution in [0.15, 0.2) is 84.9 Å². The Morgan fingerprint density at radius 2 is 1.37 bits per heavy atom. The largest absolute Gasteiger partial charge is 0.350 e. The van der Waals surface area contributed by atoms with Gasteiger partial charge in [0.05, 0.1) is 0 Å². The van der Waals surface area contributed by atoms with E-state index in [1.165, 1.54) is 0 Å². The Balaban J connectivity index is 1.72. The zero-order valence-corrected chi connectivity index (χ0v) is 15.3. The first kappa shape index (κ1) is 18.4. The van der Waals surface area contributed by atoms with E-state index in [1.54, 1.807) is 17.0 Å². The summed E-state index contributed by atoms with van der Waals surface area (Å²) in [4.78, 5) is 26.9. The number of hydrogen-bond donors (Lipinski definition) is 1. The number of nitrogens with zero attached hydrogens (tertiary/aromatic N) is 1. The molecule has 2 amide bonds. The maximum absolute atomic E-state index is 13.0. The van der Waals surface area contributed by atoms with E-state index >= 15 is 0 Å².